The Hall–Kier alpha value is -0.610. The molecule has 4 nitrogen and oxygen atoms in total. The SMILES string of the molecule is CNC(C)C(=O)NOC(C)C. The van der Waals surface area contributed by atoms with Crippen molar-refractivity contribution in [2.24, 2.45) is 0 Å². The highest BCUT2D eigenvalue weighted by Gasteiger charge is 2.09. The van der Waals surface area contributed by atoms with E-state index >= 15 is 0 Å². The van der Waals surface area contributed by atoms with Crippen LogP contribution in [-0.4, -0.2) is 25.1 Å². The molecule has 1 atom stereocenters. The predicted molar refractivity (Wildman–Crippen MR) is 42.9 cm³/mol. The minimum atomic E-state index is -0.214. The molecule has 0 aromatic rings. The first-order valence-electron chi connectivity index (χ1n) is 3.70. The summed E-state index contributed by atoms with van der Waals surface area (Å²) in [5.74, 6) is -0.152. The van der Waals surface area contributed by atoms with Crippen LogP contribution in [0.5, 0.6) is 0 Å². The molecule has 66 valence electrons. The molecule has 0 heterocycles. The molecule has 11 heavy (non-hydrogen) atoms. The number of hydroxylamine groups is 1. The van der Waals surface area contributed by atoms with E-state index in [1.54, 1.807) is 14.0 Å². The molecule has 0 saturated carbocycles. The minimum Gasteiger partial charge on any atom is -0.309 e. The van der Waals surface area contributed by atoms with Crippen LogP contribution in [0, 0.1) is 0 Å². The Labute approximate surface area is 67.3 Å². The molecule has 1 amide bonds. The average Bonchev–Trinajstić information content (AvgIpc) is 1.98. The summed E-state index contributed by atoms with van der Waals surface area (Å²) < 4.78 is 0. The van der Waals surface area contributed by atoms with Crippen molar-refractivity contribution < 1.29 is 9.63 Å². The third-order valence-corrected chi connectivity index (χ3v) is 1.22. The van der Waals surface area contributed by atoms with Crippen molar-refractivity contribution in [1.29, 1.82) is 0 Å². The molecule has 4 heteroatoms. The molecule has 0 aromatic carbocycles. The second-order valence-electron chi connectivity index (χ2n) is 2.64. The first kappa shape index (κ1) is 10.4. The lowest BCUT2D eigenvalue weighted by Crippen LogP contribution is -2.41. The Morgan fingerprint density at radius 3 is 2.27 bits per heavy atom. The van der Waals surface area contributed by atoms with E-state index in [-0.39, 0.29) is 18.1 Å². The maximum atomic E-state index is 11.0. The summed E-state index contributed by atoms with van der Waals surface area (Å²) in [5, 5.41) is 2.80. The van der Waals surface area contributed by atoms with Gasteiger partial charge in [-0.1, -0.05) is 0 Å². The molecule has 0 aromatic heterocycles. The van der Waals surface area contributed by atoms with Gasteiger partial charge < -0.3 is 5.32 Å². The summed E-state index contributed by atoms with van der Waals surface area (Å²) >= 11 is 0. The Balaban J connectivity index is 3.52. The zero-order valence-corrected chi connectivity index (χ0v) is 7.47. The fourth-order valence-corrected chi connectivity index (χ4v) is 0.395. The molecule has 2 N–H and O–H groups in total. The number of hydrogen-bond acceptors (Lipinski definition) is 3. The number of rotatable bonds is 4. The van der Waals surface area contributed by atoms with Crippen molar-refractivity contribution in [3.05, 3.63) is 0 Å². The summed E-state index contributed by atoms with van der Waals surface area (Å²) in [6.45, 7) is 5.47. The molecule has 0 fully saturated rings. The maximum absolute atomic E-state index is 11.0. The number of carbonyl (C=O) groups is 1. The number of hydrogen-bond donors (Lipinski definition) is 2. The maximum Gasteiger partial charge on any atom is 0.260 e. The second kappa shape index (κ2) is 5.09. The van der Waals surface area contributed by atoms with Crippen LogP contribution in [0.15, 0.2) is 0 Å². The first-order valence-corrected chi connectivity index (χ1v) is 3.70. The first-order chi connectivity index (χ1) is 5.07. The van der Waals surface area contributed by atoms with E-state index in [1.807, 2.05) is 13.8 Å². The Morgan fingerprint density at radius 2 is 1.91 bits per heavy atom. The molecule has 0 aliphatic rings. The standard InChI is InChI=1S/C7H16N2O2/c1-5(2)11-9-7(10)6(3)8-4/h5-6,8H,1-4H3,(H,9,10). The largest absolute Gasteiger partial charge is 0.309 e. The van der Waals surface area contributed by atoms with Gasteiger partial charge in [-0.05, 0) is 27.8 Å². The van der Waals surface area contributed by atoms with Crippen LogP contribution in [-0.2, 0) is 9.63 Å². The van der Waals surface area contributed by atoms with E-state index in [0.29, 0.717) is 0 Å². The molecule has 0 aliphatic carbocycles. The number of likely N-dealkylation sites (N-methyl/N-ethyl adjacent to an activating group) is 1. The van der Waals surface area contributed by atoms with Gasteiger partial charge in [0.1, 0.15) is 0 Å². The summed E-state index contributed by atoms with van der Waals surface area (Å²) in [7, 11) is 1.72. The van der Waals surface area contributed by atoms with Crippen LogP contribution in [0.25, 0.3) is 0 Å². The quantitative estimate of drug-likeness (QED) is 0.571. The van der Waals surface area contributed by atoms with Crippen molar-refractivity contribution in [3.8, 4) is 0 Å². The van der Waals surface area contributed by atoms with E-state index in [9.17, 15) is 4.79 Å². The van der Waals surface area contributed by atoms with E-state index in [0.717, 1.165) is 0 Å². The summed E-state index contributed by atoms with van der Waals surface area (Å²) in [5.41, 5.74) is 2.33. The molecule has 0 bridgehead atoms. The van der Waals surface area contributed by atoms with E-state index < -0.39 is 0 Å². The van der Waals surface area contributed by atoms with Gasteiger partial charge >= 0.3 is 0 Å². The van der Waals surface area contributed by atoms with E-state index in [4.69, 9.17) is 4.84 Å². The number of amides is 1. The highest BCUT2D eigenvalue weighted by atomic mass is 16.7. The smallest absolute Gasteiger partial charge is 0.260 e. The Kier molecular flexibility index (Phi) is 4.81. The number of carbonyl (C=O) groups excluding carboxylic acids is 1. The predicted octanol–water partition coefficient (Wildman–Crippen LogP) is 0.0505. The second-order valence-corrected chi connectivity index (χ2v) is 2.64. The zero-order chi connectivity index (χ0) is 8.85. The minimum absolute atomic E-state index is 0.0167. The van der Waals surface area contributed by atoms with E-state index in [1.165, 1.54) is 0 Å². The normalized spacial score (nSPS) is 13.2. The summed E-state index contributed by atoms with van der Waals surface area (Å²) in [4.78, 5) is 15.9. The van der Waals surface area contributed by atoms with Gasteiger partial charge in [-0.2, -0.15) is 0 Å². The van der Waals surface area contributed by atoms with Crippen molar-refractivity contribution in [3.63, 3.8) is 0 Å². The zero-order valence-electron chi connectivity index (χ0n) is 7.47. The molecule has 0 spiro atoms. The van der Waals surface area contributed by atoms with Gasteiger partial charge in [0.25, 0.3) is 5.91 Å². The lowest BCUT2D eigenvalue weighted by atomic mass is 10.3. The third kappa shape index (κ3) is 4.75. The van der Waals surface area contributed by atoms with Gasteiger partial charge in [0.05, 0.1) is 12.1 Å². The van der Waals surface area contributed by atoms with Crippen LogP contribution < -0.4 is 10.8 Å². The van der Waals surface area contributed by atoms with E-state index in [2.05, 4.69) is 10.8 Å². The highest BCUT2D eigenvalue weighted by molar-refractivity contribution is 5.80. The molecular weight excluding hydrogens is 144 g/mol. The molecule has 0 saturated heterocycles. The third-order valence-electron chi connectivity index (χ3n) is 1.22. The van der Waals surface area contributed by atoms with Gasteiger partial charge in [-0.3, -0.25) is 9.63 Å². The van der Waals surface area contributed by atoms with Gasteiger partial charge in [0, 0.05) is 0 Å². The number of nitrogens with one attached hydrogen (secondary N) is 2. The van der Waals surface area contributed by atoms with Crippen LogP contribution in [0.3, 0.4) is 0 Å². The summed E-state index contributed by atoms with van der Waals surface area (Å²) in [6, 6.07) is -0.214. The van der Waals surface area contributed by atoms with Crippen molar-refractivity contribution in [1.82, 2.24) is 10.8 Å². The fourth-order valence-electron chi connectivity index (χ4n) is 0.395. The van der Waals surface area contributed by atoms with Crippen molar-refractivity contribution in [2.45, 2.75) is 32.9 Å². The van der Waals surface area contributed by atoms with Gasteiger partial charge in [-0.25, -0.2) is 5.48 Å². The molecular formula is C7H16N2O2. The van der Waals surface area contributed by atoms with Crippen LogP contribution in [0.1, 0.15) is 20.8 Å². The van der Waals surface area contributed by atoms with Crippen molar-refractivity contribution >= 4 is 5.91 Å². The van der Waals surface area contributed by atoms with Gasteiger partial charge in [0.15, 0.2) is 0 Å². The molecule has 0 rings (SSSR count). The Bertz CT molecular complexity index is 126. The lowest BCUT2D eigenvalue weighted by Gasteiger charge is -2.12. The Morgan fingerprint density at radius 1 is 1.36 bits per heavy atom. The lowest BCUT2D eigenvalue weighted by molar-refractivity contribution is -0.138. The van der Waals surface area contributed by atoms with Crippen LogP contribution >= 0.6 is 0 Å². The fraction of sp³-hybridized carbons (Fsp3) is 0.857. The topological polar surface area (TPSA) is 50.4 Å². The summed E-state index contributed by atoms with van der Waals surface area (Å²) in [6.07, 6.45) is 0.0167. The van der Waals surface area contributed by atoms with Crippen LogP contribution in [0.4, 0.5) is 0 Å². The average molecular weight is 160 g/mol. The van der Waals surface area contributed by atoms with Crippen molar-refractivity contribution in [2.75, 3.05) is 7.05 Å². The highest BCUT2D eigenvalue weighted by Crippen LogP contribution is 1.84. The van der Waals surface area contributed by atoms with Gasteiger partial charge in [-0.15, -0.1) is 0 Å². The molecule has 1 unspecified atom stereocenters. The van der Waals surface area contributed by atoms with Crippen LogP contribution in [0.2, 0.25) is 0 Å². The molecule has 0 radical (unpaired) electrons. The molecule has 0 aliphatic heterocycles. The van der Waals surface area contributed by atoms with Gasteiger partial charge in [0.2, 0.25) is 0 Å². The monoisotopic (exact) mass is 160 g/mol.